The minimum atomic E-state index is -4.48. The Kier molecular flexibility index (Phi) is 10.9. The number of thiazole rings is 1. The van der Waals surface area contributed by atoms with E-state index >= 15 is 0 Å². The molecule has 10 nitrogen and oxygen atoms in total. The smallest absolute Gasteiger partial charge is 0.416 e. The summed E-state index contributed by atoms with van der Waals surface area (Å²) in [6.45, 7) is -0.126. The topological polar surface area (TPSA) is 122 Å². The number of hydrogen-bond donors (Lipinski definition) is 3. The molecule has 3 amide bonds. The molecule has 0 spiro atoms. The van der Waals surface area contributed by atoms with Crippen LogP contribution in [-0.4, -0.2) is 57.9 Å². The summed E-state index contributed by atoms with van der Waals surface area (Å²) in [5.74, 6) is -2.19. The van der Waals surface area contributed by atoms with Crippen LogP contribution in [0.15, 0.2) is 84.9 Å². The number of amides is 3. The first-order chi connectivity index (χ1) is 26.0. The van der Waals surface area contributed by atoms with Crippen molar-refractivity contribution in [1.29, 1.82) is 0 Å². The molecule has 54 heavy (non-hydrogen) atoms. The van der Waals surface area contributed by atoms with E-state index in [9.17, 15) is 31.9 Å². The maximum Gasteiger partial charge on any atom is 0.416 e. The largest absolute Gasteiger partial charge is 0.465 e. The molecule has 2 aliphatic heterocycles. The van der Waals surface area contributed by atoms with Gasteiger partial charge in [0.2, 0.25) is 11.8 Å². The highest BCUT2D eigenvalue weighted by molar-refractivity contribution is 7.20. The number of hydrogen-bond acceptors (Lipinski definition) is 8. The Bertz CT molecular complexity index is 2010. The summed E-state index contributed by atoms with van der Waals surface area (Å²) in [5, 5.41) is 6.60. The van der Waals surface area contributed by atoms with Crippen molar-refractivity contribution in [2.75, 3.05) is 11.9 Å². The number of nitrogens with one attached hydrogen (secondary N) is 3. The Morgan fingerprint density at radius 2 is 1.83 bits per heavy atom. The van der Waals surface area contributed by atoms with Crippen molar-refractivity contribution in [2.24, 2.45) is 5.92 Å². The second kappa shape index (κ2) is 15.8. The highest BCUT2D eigenvalue weighted by Crippen LogP contribution is 2.46. The number of aromatic nitrogens is 1. The predicted molar refractivity (Wildman–Crippen MR) is 194 cm³/mol. The molecule has 0 radical (unpaired) electrons. The van der Waals surface area contributed by atoms with Gasteiger partial charge in [-0.15, -0.1) is 0 Å². The molecule has 1 aromatic heterocycles. The number of benzene rings is 3. The van der Waals surface area contributed by atoms with Crippen LogP contribution in [0, 0.1) is 11.7 Å². The summed E-state index contributed by atoms with van der Waals surface area (Å²) in [5.41, 5.74) is 1.95. The van der Waals surface area contributed by atoms with Gasteiger partial charge in [0.1, 0.15) is 29.5 Å². The molecule has 3 heterocycles. The molecule has 3 N–H and O–H groups in total. The Labute approximate surface area is 312 Å². The van der Waals surface area contributed by atoms with E-state index in [1.54, 1.807) is 6.07 Å². The number of para-hydroxylation sites is 1. The molecule has 1 saturated heterocycles. The maximum absolute atomic E-state index is 14.4. The Balaban J connectivity index is 1.11. The number of allylic oxidation sites excluding steroid dienone is 1. The quantitative estimate of drug-likeness (QED) is 0.101. The molecule has 4 aromatic rings. The Morgan fingerprint density at radius 3 is 2.61 bits per heavy atom. The lowest BCUT2D eigenvalue weighted by molar-refractivity contribution is -0.143. The summed E-state index contributed by atoms with van der Waals surface area (Å²) in [4.78, 5) is 53.9. The third kappa shape index (κ3) is 8.52. The van der Waals surface area contributed by atoms with Gasteiger partial charge in [-0.3, -0.25) is 19.2 Å². The van der Waals surface area contributed by atoms with Gasteiger partial charge in [0.15, 0.2) is 0 Å². The number of anilines is 1. The number of rotatable bonds is 8. The van der Waals surface area contributed by atoms with Crippen molar-refractivity contribution in [2.45, 2.75) is 81.5 Å². The fourth-order valence-electron chi connectivity index (χ4n) is 7.04. The number of fused-ring (bicyclic) bond motifs is 3. The highest BCUT2D eigenvalue weighted by atomic mass is 32.1. The number of halogens is 4. The molecule has 1 saturated carbocycles. The van der Waals surface area contributed by atoms with Gasteiger partial charge in [-0.2, -0.15) is 13.2 Å². The average Bonchev–Trinajstić information content (AvgIpc) is 3.44. The summed E-state index contributed by atoms with van der Waals surface area (Å²) >= 11 is 1.17. The number of alkyl halides is 3. The van der Waals surface area contributed by atoms with Crippen molar-refractivity contribution >= 4 is 45.0 Å². The fraction of sp³-hybridized carbons (Fsp3) is 0.385. The van der Waals surface area contributed by atoms with Crippen LogP contribution in [0.2, 0.25) is 0 Å². The standard InChI is InChI=1S/C39H39F4N5O5S/c40-27-17-18-30-33(19-27)54-37(45-30)53-29-20-32-34(49)46-38(36(51)47-52-23-24-13-15-25(16-14-24)39(41,42)43)21-26(38)9-5-2-1-3-8-12-31(35(50)48(32)22-29)44-28-10-6-4-7-11-28/h4-7,9-11,13-19,26,29,31-32,44H,1-3,8,12,20-23H2,(H,46,49)(H,47,51)/b9-5-/t26-,29-,31+,32+,38-/m1/s1. The van der Waals surface area contributed by atoms with Crippen molar-refractivity contribution in [1.82, 2.24) is 20.7 Å². The van der Waals surface area contributed by atoms with Gasteiger partial charge in [0.25, 0.3) is 11.1 Å². The molecule has 7 rings (SSSR count). The van der Waals surface area contributed by atoms with E-state index in [0.29, 0.717) is 22.2 Å². The Hall–Kier alpha value is -5.02. The monoisotopic (exact) mass is 765 g/mol. The number of carbonyl (C=O) groups excluding carboxylic acids is 3. The zero-order chi connectivity index (χ0) is 37.9. The summed E-state index contributed by atoms with van der Waals surface area (Å²) in [7, 11) is 0. The van der Waals surface area contributed by atoms with E-state index in [1.165, 1.54) is 40.5 Å². The van der Waals surface area contributed by atoms with Crippen molar-refractivity contribution in [3.8, 4) is 5.19 Å². The molecule has 2 fully saturated rings. The molecular weight excluding hydrogens is 727 g/mol. The first-order valence-electron chi connectivity index (χ1n) is 17.9. The average molecular weight is 766 g/mol. The first-order valence-corrected chi connectivity index (χ1v) is 18.7. The number of carbonyl (C=O) groups is 3. The molecule has 1 aliphatic carbocycles. The van der Waals surface area contributed by atoms with Gasteiger partial charge < -0.3 is 20.3 Å². The van der Waals surface area contributed by atoms with Gasteiger partial charge in [0, 0.05) is 18.0 Å². The fourth-order valence-corrected chi connectivity index (χ4v) is 7.94. The van der Waals surface area contributed by atoms with Crippen LogP contribution >= 0.6 is 11.3 Å². The van der Waals surface area contributed by atoms with Gasteiger partial charge in [-0.05, 0) is 73.7 Å². The van der Waals surface area contributed by atoms with E-state index < -0.39 is 53.1 Å². The molecule has 5 atom stereocenters. The maximum atomic E-state index is 14.4. The van der Waals surface area contributed by atoms with E-state index in [0.717, 1.165) is 43.5 Å². The molecular formula is C39H39F4N5O5S. The van der Waals surface area contributed by atoms with Crippen LogP contribution in [0.25, 0.3) is 10.2 Å². The van der Waals surface area contributed by atoms with Crippen LogP contribution in [0.1, 0.15) is 56.1 Å². The normalized spacial score (nSPS) is 25.4. The van der Waals surface area contributed by atoms with Crippen molar-refractivity contribution < 1.29 is 41.5 Å². The van der Waals surface area contributed by atoms with Crippen LogP contribution in [0.5, 0.6) is 5.19 Å². The van der Waals surface area contributed by atoms with Gasteiger partial charge in [0.05, 0.1) is 28.9 Å². The zero-order valence-electron chi connectivity index (χ0n) is 29.1. The summed E-state index contributed by atoms with van der Waals surface area (Å²) in [6.07, 6.45) is 2.98. The Morgan fingerprint density at radius 1 is 1.04 bits per heavy atom. The van der Waals surface area contributed by atoms with Crippen LogP contribution in [0.4, 0.5) is 23.2 Å². The summed E-state index contributed by atoms with van der Waals surface area (Å²) in [6, 6.07) is 16.4. The summed E-state index contributed by atoms with van der Waals surface area (Å²) < 4.78 is 59.7. The predicted octanol–water partition coefficient (Wildman–Crippen LogP) is 6.93. The lowest BCUT2D eigenvalue weighted by atomic mass is 10.0. The van der Waals surface area contributed by atoms with Crippen molar-refractivity contribution in [3.63, 3.8) is 0 Å². The second-order valence-electron chi connectivity index (χ2n) is 13.9. The number of nitrogens with zero attached hydrogens (tertiary/aromatic N) is 2. The third-order valence-corrected chi connectivity index (χ3v) is 11.0. The van der Waals surface area contributed by atoms with E-state index in [1.807, 2.05) is 42.5 Å². The molecule has 3 aromatic carbocycles. The molecule has 0 unspecified atom stereocenters. The lowest BCUT2D eigenvalue weighted by Gasteiger charge is -2.30. The lowest BCUT2D eigenvalue weighted by Crippen LogP contribution is -2.56. The minimum Gasteiger partial charge on any atom is -0.465 e. The van der Waals surface area contributed by atoms with E-state index in [2.05, 4.69) is 21.1 Å². The van der Waals surface area contributed by atoms with Gasteiger partial charge in [-0.25, -0.2) is 14.9 Å². The molecule has 15 heteroatoms. The van der Waals surface area contributed by atoms with E-state index in [-0.39, 0.29) is 43.0 Å². The number of ether oxygens (including phenoxy) is 1. The van der Waals surface area contributed by atoms with Gasteiger partial charge in [-0.1, -0.05) is 66.7 Å². The minimum absolute atomic E-state index is 0.0763. The van der Waals surface area contributed by atoms with Gasteiger partial charge >= 0.3 is 6.18 Å². The second-order valence-corrected chi connectivity index (χ2v) is 14.9. The van der Waals surface area contributed by atoms with E-state index in [4.69, 9.17) is 9.57 Å². The van der Waals surface area contributed by atoms with Crippen LogP contribution in [-0.2, 0) is 32.0 Å². The number of hydroxylamine groups is 1. The van der Waals surface area contributed by atoms with Crippen LogP contribution in [0.3, 0.4) is 0 Å². The molecule has 0 bridgehead atoms. The first kappa shape index (κ1) is 37.3. The SMILES string of the molecule is O=C1N[C@]2(C(=O)NOCc3ccc(C(F)(F)F)cc3)C[C@H]2/C=C\CCCCC[C@H](Nc2ccccc2)C(=O)N2C[C@H](Oc3nc4ccc(F)cc4s3)C[C@@H]12. The zero-order valence-corrected chi connectivity index (χ0v) is 29.9. The molecule has 284 valence electrons. The van der Waals surface area contributed by atoms with Crippen LogP contribution < -0.4 is 20.9 Å². The highest BCUT2D eigenvalue weighted by Gasteiger charge is 2.61. The molecule has 3 aliphatic rings. The third-order valence-electron chi connectivity index (χ3n) is 10.0. The van der Waals surface area contributed by atoms with Crippen molar-refractivity contribution in [3.05, 3.63) is 102 Å².